The molecule has 0 spiro atoms. The highest BCUT2D eigenvalue weighted by Crippen LogP contribution is 2.36. The summed E-state index contributed by atoms with van der Waals surface area (Å²) in [6.07, 6.45) is 5.99. The summed E-state index contributed by atoms with van der Waals surface area (Å²) in [5.74, 6) is -0.302. The molecule has 37 heavy (non-hydrogen) atoms. The highest BCUT2D eigenvalue weighted by Gasteiger charge is 2.41. The smallest absolute Gasteiger partial charge is 0.319 e. The third-order valence-electron chi connectivity index (χ3n) is 7.31. The van der Waals surface area contributed by atoms with E-state index in [9.17, 15) is 18.0 Å². The van der Waals surface area contributed by atoms with Crippen molar-refractivity contribution in [2.24, 2.45) is 0 Å². The van der Waals surface area contributed by atoms with Gasteiger partial charge in [-0.25, -0.2) is 22.9 Å². The van der Waals surface area contributed by atoms with E-state index in [1.54, 1.807) is 34.4 Å². The SMILES string of the molecule is CN(C)C(=O)N1CCN(c2cc(S(=O)(=O)NC3(C)CC3)cn3c(C(=O)NC4CCOCC4)cnc23)CC1. The van der Waals surface area contributed by atoms with Gasteiger partial charge >= 0.3 is 6.03 Å². The third-order valence-corrected chi connectivity index (χ3v) is 8.92. The molecule has 0 atom stereocenters. The zero-order valence-electron chi connectivity index (χ0n) is 21.6. The van der Waals surface area contributed by atoms with Crippen molar-refractivity contribution in [2.45, 2.75) is 49.1 Å². The average Bonchev–Trinajstić information content (AvgIpc) is 3.42. The molecular weight excluding hydrogens is 498 g/mol. The van der Waals surface area contributed by atoms with Crippen molar-refractivity contribution in [3.8, 4) is 0 Å². The first-order valence-electron chi connectivity index (χ1n) is 12.7. The molecule has 5 rings (SSSR count). The van der Waals surface area contributed by atoms with Gasteiger partial charge in [0.15, 0.2) is 5.65 Å². The standard InChI is InChI=1S/C24H35N7O5S/c1-24(6-7-24)27-37(34,35)18-14-19(29-8-10-30(11-9-29)23(33)28(2)3)21-25-15-20(31(21)16-18)22(32)26-17-4-12-36-13-5-17/h14-17,27H,4-13H2,1-3H3,(H,26,32). The number of urea groups is 1. The van der Waals surface area contributed by atoms with Gasteiger partial charge in [-0.3, -0.25) is 9.20 Å². The molecule has 0 unspecified atom stereocenters. The normalized spacial score (nSPS) is 20.2. The lowest BCUT2D eigenvalue weighted by atomic mass is 10.1. The lowest BCUT2D eigenvalue weighted by Crippen LogP contribution is -2.51. The molecule has 3 amide bonds. The molecule has 4 heterocycles. The van der Waals surface area contributed by atoms with Crippen molar-refractivity contribution in [1.29, 1.82) is 0 Å². The number of pyridine rings is 1. The average molecular weight is 534 g/mol. The topological polar surface area (TPSA) is 129 Å². The third kappa shape index (κ3) is 5.39. The maximum atomic E-state index is 13.4. The Morgan fingerprint density at radius 1 is 1.14 bits per heavy atom. The summed E-state index contributed by atoms with van der Waals surface area (Å²) in [6.45, 7) is 5.09. The number of carbonyl (C=O) groups excluding carboxylic acids is 2. The van der Waals surface area contributed by atoms with Gasteiger partial charge < -0.3 is 24.8 Å². The van der Waals surface area contributed by atoms with Crippen LogP contribution in [0.4, 0.5) is 10.5 Å². The molecule has 2 aliphatic heterocycles. The molecular formula is C24H35N7O5S. The van der Waals surface area contributed by atoms with Gasteiger partial charge in [-0.1, -0.05) is 0 Å². The van der Waals surface area contributed by atoms with E-state index in [1.165, 1.54) is 12.4 Å². The summed E-state index contributed by atoms with van der Waals surface area (Å²) in [6, 6.07) is 1.56. The lowest BCUT2D eigenvalue weighted by molar-refractivity contribution is 0.0693. The summed E-state index contributed by atoms with van der Waals surface area (Å²) >= 11 is 0. The minimum absolute atomic E-state index is 0.00280. The zero-order chi connectivity index (χ0) is 26.4. The number of sulfonamides is 1. The van der Waals surface area contributed by atoms with Crippen LogP contribution in [-0.4, -0.2) is 105 Å². The fourth-order valence-corrected chi connectivity index (χ4v) is 6.27. The molecule has 0 bridgehead atoms. The molecule has 1 aliphatic carbocycles. The van der Waals surface area contributed by atoms with E-state index < -0.39 is 15.6 Å². The van der Waals surface area contributed by atoms with Crippen LogP contribution in [0.1, 0.15) is 43.1 Å². The molecule has 3 fully saturated rings. The zero-order valence-corrected chi connectivity index (χ0v) is 22.4. The van der Waals surface area contributed by atoms with Crippen LogP contribution in [0.2, 0.25) is 0 Å². The van der Waals surface area contributed by atoms with Crippen LogP contribution in [0.3, 0.4) is 0 Å². The van der Waals surface area contributed by atoms with Crippen LogP contribution in [0, 0.1) is 0 Å². The first-order chi connectivity index (χ1) is 17.6. The highest BCUT2D eigenvalue weighted by atomic mass is 32.2. The molecule has 13 heteroatoms. The molecule has 0 aromatic carbocycles. The predicted molar refractivity (Wildman–Crippen MR) is 137 cm³/mol. The lowest BCUT2D eigenvalue weighted by Gasteiger charge is -2.37. The van der Waals surface area contributed by atoms with Crippen molar-refractivity contribution in [1.82, 2.24) is 29.2 Å². The summed E-state index contributed by atoms with van der Waals surface area (Å²) in [5, 5.41) is 3.04. The second-order valence-corrected chi connectivity index (χ2v) is 12.3. The summed E-state index contributed by atoms with van der Waals surface area (Å²) in [5.41, 5.74) is 0.954. The first-order valence-corrected chi connectivity index (χ1v) is 14.2. The minimum Gasteiger partial charge on any atom is -0.381 e. The Labute approximate surface area is 217 Å². The van der Waals surface area contributed by atoms with Crippen LogP contribution >= 0.6 is 0 Å². The molecule has 12 nitrogen and oxygen atoms in total. The second kappa shape index (κ2) is 9.76. The number of aromatic nitrogens is 2. The van der Waals surface area contributed by atoms with Gasteiger partial charge in [0.05, 0.1) is 11.9 Å². The fraction of sp³-hybridized carbons (Fsp3) is 0.625. The Bertz CT molecular complexity index is 1290. The van der Waals surface area contributed by atoms with E-state index in [-0.39, 0.29) is 28.6 Å². The van der Waals surface area contributed by atoms with Crippen LogP contribution < -0.4 is 14.9 Å². The van der Waals surface area contributed by atoms with Gasteiger partial charge in [-0.15, -0.1) is 0 Å². The van der Waals surface area contributed by atoms with Gasteiger partial charge in [-0.05, 0) is 38.7 Å². The summed E-state index contributed by atoms with van der Waals surface area (Å²) in [7, 11) is -0.397. The Morgan fingerprint density at radius 3 is 2.43 bits per heavy atom. The van der Waals surface area contributed by atoms with Gasteiger partial charge in [-0.2, -0.15) is 0 Å². The second-order valence-electron chi connectivity index (χ2n) is 10.6. The van der Waals surface area contributed by atoms with Crippen molar-refractivity contribution < 1.29 is 22.7 Å². The number of anilines is 1. The number of imidazole rings is 1. The van der Waals surface area contributed by atoms with Gasteiger partial charge in [0.25, 0.3) is 5.91 Å². The molecule has 1 saturated carbocycles. The van der Waals surface area contributed by atoms with E-state index in [0.29, 0.717) is 50.7 Å². The maximum absolute atomic E-state index is 13.4. The number of ether oxygens (including phenoxy) is 1. The number of rotatable bonds is 6. The minimum atomic E-state index is -3.84. The first kappa shape index (κ1) is 25.7. The predicted octanol–water partition coefficient (Wildman–Crippen LogP) is 0.878. The number of nitrogens with one attached hydrogen (secondary N) is 2. The van der Waals surface area contributed by atoms with Crippen LogP contribution in [0.15, 0.2) is 23.4 Å². The number of fused-ring (bicyclic) bond motifs is 1. The Morgan fingerprint density at radius 2 is 1.81 bits per heavy atom. The largest absolute Gasteiger partial charge is 0.381 e. The van der Waals surface area contributed by atoms with E-state index >= 15 is 0 Å². The van der Waals surface area contributed by atoms with Crippen molar-refractivity contribution in [3.63, 3.8) is 0 Å². The van der Waals surface area contributed by atoms with Crippen molar-refractivity contribution in [2.75, 3.05) is 58.4 Å². The molecule has 202 valence electrons. The summed E-state index contributed by atoms with van der Waals surface area (Å²) in [4.78, 5) is 35.6. The van der Waals surface area contributed by atoms with Gasteiger partial charge in [0, 0.05) is 71.3 Å². The molecule has 3 aliphatic rings. The van der Waals surface area contributed by atoms with E-state index in [4.69, 9.17) is 4.74 Å². The number of nitrogens with zero attached hydrogens (tertiary/aromatic N) is 5. The van der Waals surface area contributed by atoms with Crippen LogP contribution in [0.25, 0.3) is 5.65 Å². The van der Waals surface area contributed by atoms with E-state index in [0.717, 1.165) is 25.7 Å². The molecule has 0 radical (unpaired) electrons. The molecule has 2 saturated heterocycles. The Hall–Kier alpha value is -2.90. The number of piperazine rings is 1. The quantitative estimate of drug-likeness (QED) is 0.564. The molecule has 2 aromatic rings. The fourth-order valence-electron chi connectivity index (χ4n) is 4.79. The number of hydrogen-bond donors (Lipinski definition) is 2. The maximum Gasteiger partial charge on any atom is 0.319 e. The highest BCUT2D eigenvalue weighted by molar-refractivity contribution is 7.89. The number of carbonyl (C=O) groups is 2. The van der Waals surface area contributed by atoms with Crippen LogP contribution in [-0.2, 0) is 14.8 Å². The van der Waals surface area contributed by atoms with E-state index in [2.05, 4.69) is 15.0 Å². The van der Waals surface area contributed by atoms with E-state index in [1.807, 2.05) is 11.8 Å². The van der Waals surface area contributed by atoms with Gasteiger partial charge in [0.2, 0.25) is 10.0 Å². The Kier molecular flexibility index (Phi) is 6.79. The number of hydrogen-bond acceptors (Lipinski definition) is 7. The van der Waals surface area contributed by atoms with Crippen molar-refractivity contribution in [3.05, 3.63) is 24.2 Å². The Balaban J connectivity index is 1.49. The summed E-state index contributed by atoms with van der Waals surface area (Å²) < 4.78 is 36.5. The monoisotopic (exact) mass is 533 g/mol. The molecule has 2 N–H and O–H groups in total. The molecule has 2 aromatic heterocycles. The number of amides is 3. The van der Waals surface area contributed by atoms with Crippen LogP contribution in [0.5, 0.6) is 0 Å². The van der Waals surface area contributed by atoms with Gasteiger partial charge in [0.1, 0.15) is 10.6 Å². The van der Waals surface area contributed by atoms with Crippen molar-refractivity contribution >= 4 is 33.3 Å².